The highest BCUT2D eigenvalue weighted by atomic mass is 35.5. The van der Waals surface area contributed by atoms with E-state index in [1.165, 1.54) is 19.3 Å². The summed E-state index contributed by atoms with van der Waals surface area (Å²) in [5.41, 5.74) is 2.06. The lowest BCUT2D eigenvalue weighted by Crippen LogP contribution is -2.33. The van der Waals surface area contributed by atoms with Gasteiger partial charge in [0.1, 0.15) is 36.0 Å². The highest BCUT2D eigenvalue weighted by molar-refractivity contribution is 6.34. The van der Waals surface area contributed by atoms with Crippen LogP contribution in [-0.2, 0) is 4.74 Å². The Morgan fingerprint density at radius 3 is 2.77 bits per heavy atom. The van der Waals surface area contributed by atoms with Crippen LogP contribution in [0.3, 0.4) is 0 Å². The number of fused-ring (bicyclic) bond motifs is 2. The first-order valence-corrected chi connectivity index (χ1v) is 13.9. The third-order valence-electron chi connectivity index (χ3n) is 7.35. The van der Waals surface area contributed by atoms with Crippen LogP contribution in [-0.4, -0.2) is 62.2 Å². The molecule has 3 aliphatic rings. The molecule has 10 heteroatoms. The zero-order valence-electron chi connectivity index (χ0n) is 21.7. The predicted molar refractivity (Wildman–Crippen MR) is 148 cm³/mol. The van der Waals surface area contributed by atoms with E-state index in [0.29, 0.717) is 75.7 Å². The van der Waals surface area contributed by atoms with Gasteiger partial charge in [0.15, 0.2) is 11.5 Å². The predicted octanol–water partition coefficient (Wildman–Crippen LogP) is 5.65. The van der Waals surface area contributed by atoms with Gasteiger partial charge in [0, 0.05) is 37.7 Å². The number of piperidine rings is 1. The van der Waals surface area contributed by atoms with E-state index in [1.807, 2.05) is 12.1 Å². The summed E-state index contributed by atoms with van der Waals surface area (Å²) in [6.07, 6.45) is 6.87. The van der Waals surface area contributed by atoms with Crippen LogP contribution in [0.5, 0.6) is 23.0 Å². The van der Waals surface area contributed by atoms with Gasteiger partial charge in [-0.3, -0.25) is 9.88 Å². The molecule has 2 saturated heterocycles. The van der Waals surface area contributed by atoms with Gasteiger partial charge in [-0.1, -0.05) is 18.0 Å². The number of benzene rings is 2. The number of rotatable bonds is 8. The Bertz CT molecular complexity index is 1380. The molecule has 0 radical (unpaired) electrons. The molecule has 204 valence electrons. The van der Waals surface area contributed by atoms with Crippen molar-refractivity contribution in [2.45, 2.75) is 38.2 Å². The average molecular weight is 551 g/mol. The molecular formula is C29H31ClN4O5. The van der Waals surface area contributed by atoms with Crippen LogP contribution in [0.15, 0.2) is 30.5 Å². The number of nitrogens with one attached hydrogen (secondary N) is 1. The van der Waals surface area contributed by atoms with Gasteiger partial charge in [-0.05, 0) is 38.1 Å². The molecule has 0 spiro atoms. The van der Waals surface area contributed by atoms with Gasteiger partial charge < -0.3 is 29.0 Å². The maximum atomic E-state index is 10.0. The van der Waals surface area contributed by atoms with Crippen molar-refractivity contribution >= 4 is 33.9 Å². The van der Waals surface area contributed by atoms with E-state index >= 15 is 0 Å². The van der Waals surface area contributed by atoms with Crippen molar-refractivity contribution < 1.29 is 23.7 Å². The Morgan fingerprint density at radius 2 is 1.95 bits per heavy atom. The molecule has 6 rings (SSSR count). The van der Waals surface area contributed by atoms with Gasteiger partial charge in [0.25, 0.3) is 0 Å². The lowest BCUT2D eigenvalue weighted by molar-refractivity contribution is 0.0261. The van der Waals surface area contributed by atoms with Gasteiger partial charge >= 0.3 is 0 Å². The fourth-order valence-electron chi connectivity index (χ4n) is 5.29. The molecule has 1 N–H and O–H groups in total. The van der Waals surface area contributed by atoms with E-state index in [9.17, 15) is 5.26 Å². The van der Waals surface area contributed by atoms with Crippen molar-refractivity contribution in [2.24, 2.45) is 0 Å². The molecule has 1 aromatic heterocycles. The fraction of sp³-hybridized carbons (Fsp3) is 0.448. The van der Waals surface area contributed by atoms with Crippen molar-refractivity contribution in [1.29, 1.82) is 5.26 Å². The maximum Gasteiger partial charge on any atom is 0.231 e. The molecule has 2 aromatic carbocycles. The lowest BCUT2D eigenvalue weighted by Gasteiger charge is -2.27. The second-order valence-corrected chi connectivity index (χ2v) is 10.3. The maximum absolute atomic E-state index is 10.0. The highest BCUT2D eigenvalue weighted by Gasteiger charge is 2.25. The minimum Gasteiger partial charge on any atom is -0.492 e. The Morgan fingerprint density at radius 1 is 1.10 bits per heavy atom. The molecule has 3 aliphatic heterocycles. The number of hydrogen-bond acceptors (Lipinski definition) is 9. The van der Waals surface area contributed by atoms with E-state index in [2.05, 4.69) is 21.3 Å². The van der Waals surface area contributed by atoms with E-state index in [-0.39, 0.29) is 12.9 Å². The number of halogens is 1. The molecule has 0 bridgehead atoms. The SMILES string of the molecule is N#Cc1cnc2cc(OCCN3CCCCC3)cc(OC3CCOCC3)c2c1Nc1c(Cl)ccc2c1OCO2. The molecule has 2 fully saturated rings. The third kappa shape index (κ3) is 5.64. The molecular weight excluding hydrogens is 520 g/mol. The molecule has 0 unspecified atom stereocenters. The van der Waals surface area contributed by atoms with Crippen molar-refractivity contribution in [3.63, 3.8) is 0 Å². The third-order valence-corrected chi connectivity index (χ3v) is 7.67. The molecule has 9 nitrogen and oxygen atoms in total. The number of likely N-dealkylation sites (tertiary alicyclic amines) is 1. The van der Waals surface area contributed by atoms with Crippen molar-refractivity contribution in [1.82, 2.24) is 9.88 Å². The Hall–Kier alpha value is -3.45. The number of anilines is 2. The Balaban J connectivity index is 1.38. The van der Waals surface area contributed by atoms with E-state index in [4.69, 9.17) is 35.3 Å². The van der Waals surface area contributed by atoms with Gasteiger partial charge in [0.2, 0.25) is 6.79 Å². The van der Waals surface area contributed by atoms with E-state index in [0.717, 1.165) is 32.5 Å². The Labute approximate surface area is 232 Å². The summed E-state index contributed by atoms with van der Waals surface area (Å²) in [7, 11) is 0. The standard InChI is InChI=1S/C29H31ClN4O5/c30-22-4-5-24-29(38-18-37-24)28(22)33-27-19(16-31)17-32-23-14-21(36-13-10-34-8-2-1-3-9-34)15-25(26(23)27)39-20-6-11-35-12-7-20/h4-5,14-15,17,20H,1-3,6-13,18H2,(H,32,33). The zero-order chi connectivity index (χ0) is 26.6. The summed E-state index contributed by atoms with van der Waals surface area (Å²) in [5.74, 6) is 2.36. The second kappa shape index (κ2) is 11.7. The summed E-state index contributed by atoms with van der Waals surface area (Å²) >= 11 is 6.58. The number of pyridine rings is 1. The first-order chi connectivity index (χ1) is 19.2. The minimum absolute atomic E-state index is 0.0227. The normalized spacial score (nSPS) is 17.6. The first kappa shape index (κ1) is 25.8. The molecule has 0 amide bonds. The topological polar surface area (TPSA) is 98.1 Å². The van der Waals surface area contributed by atoms with Crippen LogP contribution in [0.1, 0.15) is 37.7 Å². The van der Waals surface area contributed by atoms with E-state index < -0.39 is 0 Å². The van der Waals surface area contributed by atoms with Gasteiger partial charge in [-0.2, -0.15) is 5.26 Å². The van der Waals surface area contributed by atoms with Crippen LogP contribution in [0.25, 0.3) is 10.9 Å². The van der Waals surface area contributed by atoms with Gasteiger partial charge in [-0.15, -0.1) is 0 Å². The minimum atomic E-state index is -0.0227. The van der Waals surface area contributed by atoms with Crippen molar-refractivity contribution in [3.05, 3.63) is 41.0 Å². The number of ether oxygens (including phenoxy) is 5. The number of nitrogens with zero attached hydrogens (tertiary/aromatic N) is 3. The van der Waals surface area contributed by atoms with Crippen molar-refractivity contribution in [2.75, 3.05) is 51.6 Å². The molecule has 4 heterocycles. The summed E-state index contributed by atoms with van der Waals surface area (Å²) in [5, 5.41) is 14.5. The van der Waals surface area contributed by atoms with Crippen LogP contribution in [0.4, 0.5) is 11.4 Å². The van der Waals surface area contributed by atoms with Crippen LogP contribution in [0, 0.1) is 11.3 Å². The summed E-state index contributed by atoms with van der Waals surface area (Å²) in [6.45, 7) is 5.08. The molecule has 0 aliphatic carbocycles. The van der Waals surface area contributed by atoms with Crippen molar-refractivity contribution in [3.8, 4) is 29.1 Å². The molecule has 3 aromatic rings. The van der Waals surface area contributed by atoms with Gasteiger partial charge in [0.05, 0.1) is 40.4 Å². The average Bonchev–Trinajstić information content (AvgIpc) is 3.45. The van der Waals surface area contributed by atoms with E-state index in [1.54, 1.807) is 18.3 Å². The van der Waals surface area contributed by atoms with Gasteiger partial charge in [-0.25, -0.2) is 0 Å². The van der Waals surface area contributed by atoms with Crippen LogP contribution < -0.4 is 24.3 Å². The largest absolute Gasteiger partial charge is 0.492 e. The monoisotopic (exact) mass is 550 g/mol. The van der Waals surface area contributed by atoms with Crippen LogP contribution >= 0.6 is 11.6 Å². The lowest BCUT2D eigenvalue weighted by atomic mass is 10.1. The number of aromatic nitrogens is 1. The smallest absolute Gasteiger partial charge is 0.231 e. The molecule has 0 saturated carbocycles. The molecule has 0 atom stereocenters. The number of hydrogen-bond donors (Lipinski definition) is 1. The summed E-state index contributed by atoms with van der Waals surface area (Å²) < 4.78 is 29.5. The second-order valence-electron chi connectivity index (χ2n) is 9.94. The quantitative estimate of drug-likeness (QED) is 0.381. The fourth-order valence-corrected chi connectivity index (χ4v) is 5.49. The number of nitriles is 1. The first-order valence-electron chi connectivity index (χ1n) is 13.5. The molecule has 39 heavy (non-hydrogen) atoms. The summed E-state index contributed by atoms with van der Waals surface area (Å²) in [6, 6.07) is 9.55. The van der Waals surface area contributed by atoms with Crippen LogP contribution in [0.2, 0.25) is 5.02 Å². The summed E-state index contributed by atoms with van der Waals surface area (Å²) in [4.78, 5) is 7.06. The Kier molecular flexibility index (Phi) is 7.77. The highest BCUT2D eigenvalue weighted by Crippen LogP contribution is 2.47. The zero-order valence-corrected chi connectivity index (χ0v) is 22.5.